The first kappa shape index (κ1) is 21.4. The highest BCUT2D eigenvalue weighted by atomic mass is 16.6. The van der Waals surface area contributed by atoms with Crippen molar-refractivity contribution in [2.75, 3.05) is 9.80 Å². The Morgan fingerprint density at radius 2 is 1.56 bits per heavy atom. The zero-order chi connectivity index (χ0) is 23.7. The van der Waals surface area contributed by atoms with Crippen molar-refractivity contribution in [3.63, 3.8) is 0 Å². The molecule has 168 valence electrons. The van der Waals surface area contributed by atoms with Gasteiger partial charge in [-0.05, 0) is 36.8 Å². The molecule has 1 aliphatic rings. The summed E-state index contributed by atoms with van der Waals surface area (Å²) in [6, 6.07) is 31.9. The van der Waals surface area contributed by atoms with Crippen LogP contribution in [0.5, 0.6) is 0 Å². The predicted molar refractivity (Wildman–Crippen MR) is 133 cm³/mol. The predicted octanol–water partition coefficient (Wildman–Crippen LogP) is 6.27. The summed E-state index contributed by atoms with van der Waals surface area (Å²) in [5.41, 5.74) is 4.96. The average molecular weight is 450 g/mol. The Kier molecular flexibility index (Phi) is 5.55. The van der Waals surface area contributed by atoms with Crippen molar-refractivity contribution in [3.8, 4) is 0 Å². The summed E-state index contributed by atoms with van der Waals surface area (Å²) in [6.07, 6.45) is -0.565. The third-order valence-electron chi connectivity index (χ3n) is 6.09. The fourth-order valence-electron chi connectivity index (χ4n) is 4.46. The van der Waals surface area contributed by atoms with E-state index in [-0.39, 0.29) is 11.6 Å². The van der Waals surface area contributed by atoms with Gasteiger partial charge in [-0.3, -0.25) is 19.8 Å². The van der Waals surface area contributed by atoms with Crippen molar-refractivity contribution in [1.82, 2.24) is 0 Å². The molecule has 1 unspecified atom stereocenters. The summed E-state index contributed by atoms with van der Waals surface area (Å²) in [7, 11) is 0. The van der Waals surface area contributed by atoms with Gasteiger partial charge in [0.05, 0.1) is 16.2 Å². The van der Waals surface area contributed by atoms with Crippen LogP contribution in [0, 0.1) is 17.0 Å². The maximum atomic E-state index is 13.9. The maximum Gasteiger partial charge on any atom is 0.269 e. The number of anilines is 2. The van der Waals surface area contributed by atoms with Gasteiger partial charge in [0.15, 0.2) is 0 Å². The second-order valence-electron chi connectivity index (χ2n) is 8.37. The van der Waals surface area contributed by atoms with Crippen LogP contribution in [0.3, 0.4) is 0 Å². The number of aryl methyl sites for hydroxylation is 1. The molecule has 0 bridgehead atoms. The molecule has 0 aliphatic carbocycles. The number of nitrogens with zero attached hydrogens (tertiary/aromatic N) is 3. The minimum absolute atomic E-state index is 0.00711. The Labute approximate surface area is 197 Å². The van der Waals surface area contributed by atoms with E-state index in [1.807, 2.05) is 91.9 Å². The number of benzene rings is 4. The number of nitro groups is 1. The number of carbonyl (C=O) groups excluding carboxylic acids is 1. The second kappa shape index (κ2) is 8.83. The zero-order valence-electron chi connectivity index (χ0n) is 18.7. The molecular weight excluding hydrogens is 426 g/mol. The number of fused-ring (bicyclic) bond motifs is 1. The highest BCUT2D eigenvalue weighted by Gasteiger charge is 2.39. The van der Waals surface area contributed by atoms with Crippen LogP contribution in [-0.2, 0) is 6.54 Å². The molecule has 0 aromatic heterocycles. The molecule has 0 saturated carbocycles. The van der Waals surface area contributed by atoms with Crippen LogP contribution in [0.15, 0.2) is 103 Å². The van der Waals surface area contributed by atoms with Gasteiger partial charge in [0.25, 0.3) is 11.6 Å². The number of para-hydroxylation sites is 1. The van der Waals surface area contributed by atoms with E-state index in [2.05, 4.69) is 4.90 Å². The van der Waals surface area contributed by atoms with Gasteiger partial charge in [0.2, 0.25) is 0 Å². The van der Waals surface area contributed by atoms with E-state index in [0.29, 0.717) is 17.7 Å². The molecule has 0 fully saturated rings. The van der Waals surface area contributed by atoms with Crippen molar-refractivity contribution in [1.29, 1.82) is 0 Å². The quantitative estimate of drug-likeness (QED) is 0.266. The number of hydrogen-bond acceptors (Lipinski definition) is 4. The molecule has 34 heavy (non-hydrogen) atoms. The van der Waals surface area contributed by atoms with Gasteiger partial charge < -0.3 is 4.90 Å². The molecule has 1 amide bonds. The Morgan fingerprint density at radius 1 is 0.853 bits per heavy atom. The van der Waals surface area contributed by atoms with Crippen molar-refractivity contribution in [3.05, 3.63) is 135 Å². The zero-order valence-corrected chi connectivity index (χ0v) is 18.7. The van der Waals surface area contributed by atoms with Crippen molar-refractivity contribution in [2.24, 2.45) is 0 Å². The fourth-order valence-corrected chi connectivity index (χ4v) is 4.46. The second-order valence-corrected chi connectivity index (χ2v) is 8.37. The van der Waals surface area contributed by atoms with Crippen LogP contribution in [0.4, 0.5) is 17.1 Å². The Hall–Kier alpha value is -4.45. The van der Waals surface area contributed by atoms with Crippen molar-refractivity contribution >= 4 is 23.0 Å². The van der Waals surface area contributed by atoms with Gasteiger partial charge in [0.1, 0.15) is 6.17 Å². The van der Waals surface area contributed by atoms with E-state index in [1.165, 1.54) is 6.07 Å². The maximum absolute atomic E-state index is 13.9. The molecule has 4 aromatic carbocycles. The monoisotopic (exact) mass is 449 g/mol. The topological polar surface area (TPSA) is 66.7 Å². The SMILES string of the molecule is Cc1ccc(N2C(=O)c3ccccc3N(Cc3ccccc3)C2c2cccc([N+](=O)[O-])c2)cc1. The summed E-state index contributed by atoms with van der Waals surface area (Å²) >= 11 is 0. The Balaban J connectivity index is 1.74. The lowest BCUT2D eigenvalue weighted by molar-refractivity contribution is -0.384. The van der Waals surface area contributed by atoms with Gasteiger partial charge in [-0.1, -0.05) is 72.3 Å². The van der Waals surface area contributed by atoms with Crippen LogP contribution in [0.2, 0.25) is 0 Å². The van der Waals surface area contributed by atoms with Gasteiger partial charge in [-0.25, -0.2) is 0 Å². The number of hydrogen-bond donors (Lipinski definition) is 0. The highest BCUT2D eigenvalue weighted by molar-refractivity contribution is 6.12. The van der Waals surface area contributed by atoms with E-state index in [4.69, 9.17) is 0 Å². The molecule has 6 nitrogen and oxygen atoms in total. The summed E-state index contributed by atoms with van der Waals surface area (Å²) in [5, 5.41) is 11.6. The van der Waals surface area contributed by atoms with E-state index < -0.39 is 11.1 Å². The fraction of sp³-hybridized carbons (Fsp3) is 0.107. The number of carbonyl (C=O) groups is 1. The van der Waals surface area contributed by atoms with Crippen LogP contribution < -0.4 is 9.80 Å². The molecule has 1 aliphatic heterocycles. The number of non-ortho nitro benzene ring substituents is 1. The molecule has 0 radical (unpaired) electrons. The molecular formula is C28H23N3O3. The minimum Gasteiger partial charge on any atom is -0.342 e. The third kappa shape index (κ3) is 3.90. The van der Waals surface area contributed by atoms with Crippen LogP contribution in [0.1, 0.15) is 33.2 Å². The molecule has 1 atom stereocenters. The number of amides is 1. The van der Waals surface area contributed by atoms with E-state index >= 15 is 0 Å². The lowest BCUT2D eigenvalue weighted by atomic mass is 9.98. The van der Waals surface area contributed by atoms with Crippen LogP contribution in [0.25, 0.3) is 0 Å². The van der Waals surface area contributed by atoms with E-state index in [9.17, 15) is 14.9 Å². The Bertz CT molecular complexity index is 1350. The number of rotatable bonds is 5. The third-order valence-corrected chi connectivity index (χ3v) is 6.09. The van der Waals surface area contributed by atoms with Crippen molar-refractivity contribution < 1.29 is 9.72 Å². The molecule has 4 aromatic rings. The van der Waals surface area contributed by atoms with Crippen LogP contribution >= 0.6 is 0 Å². The molecule has 0 spiro atoms. The molecule has 1 heterocycles. The van der Waals surface area contributed by atoms with Gasteiger partial charge in [0, 0.05) is 29.9 Å². The highest BCUT2D eigenvalue weighted by Crippen LogP contribution is 2.42. The minimum atomic E-state index is -0.565. The lowest BCUT2D eigenvalue weighted by Gasteiger charge is -2.46. The van der Waals surface area contributed by atoms with Gasteiger partial charge >= 0.3 is 0 Å². The molecule has 6 heteroatoms. The summed E-state index contributed by atoms with van der Waals surface area (Å²) < 4.78 is 0. The molecule has 0 saturated heterocycles. The van der Waals surface area contributed by atoms with Gasteiger partial charge in [-0.15, -0.1) is 0 Å². The normalized spacial score (nSPS) is 15.2. The first-order chi connectivity index (χ1) is 16.5. The first-order valence-corrected chi connectivity index (χ1v) is 11.1. The summed E-state index contributed by atoms with van der Waals surface area (Å²) in [4.78, 5) is 28.9. The van der Waals surface area contributed by atoms with Crippen LogP contribution in [-0.4, -0.2) is 10.8 Å². The summed E-state index contributed by atoms with van der Waals surface area (Å²) in [6.45, 7) is 2.53. The molecule has 0 N–H and O–H groups in total. The van der Waals surface area contributed by atoms with Gasteiger partial charge in [-0.2, -0.15) is 0 Å². The average Bonchev–Trinajstić information content (AvgIpc) is 2.87. The smallest absolute Gasteiger partial charge is 0.269 e. The standard InChI is InChI=1S/C28H23N3O3/c1-20-14-16-23(17-15-20)30-27(22-10-7-11-24(18-22)31(33)34)29(19-21-8-3-2-4-9-21)26-13-6-5-12-25(26)28(30)32/h2-18,27H,19H2,1H3. The first-order valence-electron chi connectivity index (χ1n) is 11.1. The largest absolute Gasteiger partial charge is 0.342 e. The van der Waals surface area contributed by atoms with Crippen molar-refractivity contribution in [2.45, 2.75) is 19.6 Å². The van der Waals surface area contributed by atoms with E-state index in [0.717, 1.165) is 22.5 Å². The lowest BCUT2D eigenvalue weighted by Crippen LogP contribution is -2.49. The number of nitro benzene ring substituents is 1. The molecule has 5 rings (SSSR count). The summed E-state index contributed by atoms with van der Waals surface area (Å²) in [5.74, 6) is -0.139. The van der Waals surface area contributed by atoms with E-state index in [1.54, 1.807) is 17.0 Å². The Morgan fingerprint density at radius 3 is 2.29 bits per heavy atom.